The van der Waals surface area contributed by atoms with Crippen molar-refractivity contribution in [2.75, 3.05) is 18.4 Å². The molecule has 0 spiro atoms. The van der Waals surface area contributed by atoms with Crippen LogP contribution in [0.5, 0.6) is 0 Å². The van der Waals surface area contributed by atoms with E-state index >= 15 is 0 Å². The van der Waals surface area contributed by atoms with Crippen LogP contribution in [0.15, 0.2) is 58.3 Å². The largest absolute Gasteiger partial charge is 0.393 e. The van der Waals surface area contributed by atoms with Gasteiger partial charge < -0.3 is 15.3 Å². The standard InChI is InChI=1S/C18H19ClN2O2S/c19-13-6-7-17(24-15-4-2-1-3-5-15)16(12-13)20-18(23)21-10-8-14(22)9-11-21/h1-7,12,14,22H,8-11H2,(H,20,23). The quantitative estimate of drug-likeness (QED) is 0.846. The molecule has 2 N–H and O–H groups in total. The van der Waals surface area contributed by atoms with E-state index in [4.69, 9.17) is 11.6 Å². The Morgan fingerprint density at radius 1 is 1.17 bits per heavy atom. The van der Waals surface area contributed by atoms with Crippen molar-refractivity contribution in [3.05, 3.63) is 53.6 Å². The predicted molar refractivity (Wildman–Crippen MR) is 97.8 cm³/mol. The van der Waals surface area contributed by atoms with Gasteiger partial charge in [-0.3, -0.25) is 0 Å². The van der Waals surface area contributed by atoms with E-state index in [0.717, 1.165) is 9.79 Å². The van der Waals surface area contributed by atoms with Crippen LogP contribution in [0.3, 0.4) is 0 Å². The number of halogens is 1. The van der Waals surface area contributed by atoms with Crippen LogP contribution >= 0.6 is 23.4 Å². The molecule has 3 rings (SSSR count). The van der Waals surface area contributed by atoms with E-state index in [9.17, 15) is 9.90 Å². The van der Waals surface area contributed by atoms with Gasteiger partial charge in [0.2, 0.25) is 0 Å². The zero-order chi connectivity index (χ0) is 16.9. The average molecular weight is 363 g/mol. The Balaban J connectivity index is 1.74. The summed E-state index contributed by atoms with van der Waals surface area (Å²) in [6.07, 6.45) is 0.938. The second kappa shape index (κ2) is 7.92. The number of benzene rings is 2. The minimum atomic E-state index is -0.301. The van der Waals surface area contributed by atoms with E-state index < -0.39 is 0 Å². The van der Waals surface area contributed by atoms with Crippen molar-refractivity contribution in [3.63, 3.8) is 0 Å². The summed E-state index contributed by atoms with van der Waals surface area (Å²) in [4.78, 5) is 16.2. The van der Waals surface area contributed by atoms with E-state index in [1.807, 2.05) is 42.5 Å². The van der Waals surface area contributed by atoms with Crippen LogP contribution in [0.1, 0.15) is 12.8 Å². The van der Waals surface area contributed by atoms with Gasteiger partial charge in [-0.2, -0.15) is 0 Å². The maximum absolute atomic E-state index is 12.5. The first-order valence-electron chi connectivity index (χ1n) is 7.88. The Morgan fingerprint density at radius 2 is 1.88 bits per heavy atom. The van der Waals surface area contributed by atoms with Crippen LogP contribution in [0.25, 0.3) is 0 Å². The number of nitrogens with one attached hydrogen (secondary N) is 1. The van der Waals surface area contributed by atoms with E-state index in [1.54, 1.807) is 22.7 Å². The first-order chi connectivity index (χ1) is 11.6. The number of rotatable bonds is 3. The lowest BCUT2D eigenvalue weighted by Crippen LogP contribution is -2.42. The summed E-state index contributed by atoms with van der Waals surface area (Å²) in [7, 11) is 0. The molecule has 4 nitrogen and oxygen atoms in total. The van der Waals surface area contributed by atoms with Gasteiger partial charge in [-0.05, 0) is 43.2 Å². The van der Waals surface area contributed by atoms with Crippen molar-refractivity contribution in [2.24, 2.45) is 0 Å². The van der Waals surface area contributed by atoms with Crippen molar-refractivity contribution in [3.8, 4) is 0 Å². The molecule has 2 aromatic rings. The highest BCUT2D eigenvalue weighted by atomic mass is 35.5. The topological polar surface area (TPSA) is 52.6 Å². The van der Waals surface area contributed by atoms with Gasteiger partial charge in [0, 0.05) is 27.9 Å². The lowest BCUT2D eigenvalue weighted by Gasteiger charge is -2.29. The minimum Gasteiger partial charge on any atom is -0.393 e. The van der Waals surface area contributed by atoms with Gasteiger partial charge in [-0.25, -0.2) is 4.79 Å². The summed E-state index contributed by atoms with van der Waals surface area (Å²) in [5.74, 6) is 0. The van der Waals surface area contributed by atoms with Crippen LogP contribution in [0.2, 0.25) is 5.02 Å². The zero-order valence-corrected chi connectivity index (χ0v) is 14.7. The second-order valence-electron chi connectivity index (χ2n) is 5.70. The fourth-order valence-corrected chi connectivity index (χ4v) is 3.64. The van der Waals surface area contributed by atoms with Crippen LogP contribution in [0.4, 0.5) is 10.5 Å². The fraction of sp³-hybridized carbons (Fsp3) is 0.278. The molecule has 24 heavy (non-hydrogen) atoms. The van der Waals surface area contributed by atoms with Crippen molar-refractivity contribution < 1.29 is 9.90 Å². The van der Waals surface area contributed by atoms with Gasteiger partial charge in [-0.15, -0.1) is 0 Å². The SMILES string of the molecule is O=C(Nc1cc(Cl)ccc1Sc1ccccc1)N1CCC(O)CC1. The molecule has 2 aromatic carbocycles. The highest BCUT2D eigenvalue weighted by molar-refractivity contribution is 7.99. The van der Waals surface area contributed by atoms with Crippen LogP contribution in [0, 0.1) is 0 Å². The molecule has 126 valence electrons. The number of likely N-dealkylation sites (tertiary alicyclic amines) is 1. The van der Waals surface area contributed by atoms with E-state index in [0.29, 0.717) is 36.6 Å². The number of nitrogens with zero attached hydrogens (tertiary/aromatic N) is 1. The third-order valence-corrected chi connectivity index (χ3v) is 5.22. The molecule has 0 aliphatic carbocycles. The Hall–Kier alpha value is -1.69. The molecule has 6 heteroatoms. The highest BCUT2D eigenvalue weighted by Crippen LogP contribution is 2.35. The van der Waals surface area contributed by atoms with Crippen LogP contribution < -0.4 is 5.32 Å². The van der Waals surface area contributed by atoms with Crippen molar-refractivity contribution in [2.45, 2.75) is 28.7 Å². The average Bonchev–Trinajstić information content (AvgIpc) is 2.59. The number of aliphatic hydroxyl groups is 1. The monoisotopic (exact) mass is 362 g/mol. The summed E-state index contributed by atoms with van der Waals surface area (Å²) < 4.78 is 0. The summed E-state index contributed by atoms with van der Waals surface area (Å²) in [5, 5.41) is 13.1. The Kier molecular flexibility index (Phi) is 5.66. The smallest absolute Gasteiger partial charge is 0.321 e. The van der Waals surface area contributed by atoms with E-state index in [-0.39, 0.29) is 12.1 Å². The number of carbonyl (C=O) groups is 1. The summed E-state index contributed by atoms with van der Waals surface area (Å²) in [5.41, 5.74) is 0.701. The molecule has 0 bridgehead atoms. The molecule has 1 saturated heterocycles. The molecule has 0 unspecified atom stereocenters. The minimum absolute atomic E-state index is 0.154. The molecule has 1 fully saturated rings. The number of hydrogen-bond acceptors (Lipinski definition) is 3. The number of carbonyl (C=O) groups excluding carboxylic acids is 1. The molecular formula is C18H19ClN2O2S. The first kappa shape index (κ1) is 17.1. The Labute approximate surface area is 150 Å². The molecule has 2 amide bonds. The molecular weight excluding hydrogens is 344 g/mol. The van der Waals surface area contributed by atoms with Gasteiger partial charge in [0.15, 0.2) is 0 Å². The molecule has 1 aliphatic rings. The van der Waals surface area contributed by atoms with Gasteiger partial charge in [0.1, 0.15) is 0 Å². The molecule has 0 radical (unpaired) electrons. The van der Waals surface area contributed by atoms with Gasteiger partial charge in [0.25, 0.3) is 0 Å². The van der Waals surface area contributed by atoms with Gasteiger partial charge in [0.05, 0.1) is 11.8 Å². The van der Waals surface area contributed by atoms with Gasteiger partial charge >= 0.3 is 6.03 Å². The summed E-state index contributed by atoms with van der Waals surface area (Å²) >= 11 is 7.68. The normalized spacial score (nSPS) is 15.3. The van der Waals surface area contributed by atoms with Crippen LogP contribution in [-0.4, -0.2) is 35.2 Å². The van der Waals surface area contributed by atoms with Crippen molar-refractivity contribution >= 4 is 35.1 Å². The second-order valence-corrected chi connectivity index (χ2v) is 7.26. The fourth-order valence-electron chi connectivity index (χ4n) is 2.57. The van der Waals surface area contributed by atoms with Crippen molar-refractivity contribution in [1.29, 1.82) is 0 Å². The third kappa shape index (κ3) is 4.44. The predicted octanol–water partition coefficient (Wildman–Crippen LogP) is 4.48. The van der Waals surface area contributed by atoms with E-state index in [1.165, 1.54) is 0 Å². The molecule has 0 atom stereocenters. The summed E-state index contributed by atoms with van der Waals surface area (Å²) in [6.45, 7) is 1.13. The lowest BCUT2D eigenvalue weighted by atomic mass is 10.1. The molecule has 1 heterocycles. The Morgan fingerprint density at radius 3 is 2.58 bits per heavy atom. The number of aliphatic hydroxyl groups excluding tert-OH is 1. The maximum Gasteiger partial charge on any atom is 0.321 e. The Bertz CT molecular complexity index is 703. The number of anilines is 1. The molecule has 0 aromatic heterocycles. The van der Waals surface area contributed by atoms with Gasteiger partial charge in [-0.1, -0.05) is 41.6 Å². The lowest BCUT2D eigenvalue weighted by molar-refractivity contribution is 0.0972. The number of urea groups is 1. The van der Waals surface area contributed by atoms with Crippen molar-refractivity contribution in [1.82, 2.24) is 4.90 Å². The zero-order valence-electron chi connectivity index (χ0n) is 13.1. The molecule has 0 saturated carbocycles. The number of amides is 2. The first-order valence-corrected chi connectivity index (χ1v) is 9.08. The number of hydrogen-bond donors (Lipinski definition) is 2. The van der Waals surface area contributed by atoms with E-state index in [2.05, 4.69) is 5.32 Å². The highest BCUT2D eigenvalue weighted by Gasteiger charge is 2.22. The molecule has 1 aliphatic heterocycles. The van der Waals surface area contributed by atoms with Crippen LogP contribution in [-0.2, 0) is 0 Å². The summed E-state index contributed by atoms with van der Waals surface area (Å²) in [6, 6.07) is 15.3. The third-order valence-electron chi connectivity index (χ3n) is 3.91. The number of piperidine rings is 1. The maximum atomic E-state index is 12.5.